The SMILES string of the molecule is CC(=O)c1ccc(-c2cc(C)ccc2C)cc1. The first kappa shape index (κ1) is 11.6. The molecule has 0 N–H and O–H groups in total. The fourth-order valence-electron chi connectivity index (χ4n) is 1.93. The van der Waals surface area contributed by atoms with Gasteiger partial charge < -0.3 is 0 Å². The standard InChI is InChI=1S/C16H16O/c1-11-4-5-12(2)16(10-11)15-8-6-14(7-9-15)13(3)17/h4-10H,1-3H3. The van der Waals surface area contributed by atoms with E-state index in [1.54, 1.807) is 6.92 Å². The molecule has 2 aromatic carbocycles. The van der Waals surface area contributed by atoms with E-state index in [0.29, 0.717) is 0 Å². The van der Waals surface area contributed by atoms with E-state index in [0.717, 1.165) is 11.1 Å². The molecule has 0 radical (unpaired) electrons. The average Bonchev–Trinajstić information content (AvgIpc) is 2.32. The Morgan fingerprint density at radius 3 is 2.18 bits per heavy atom. The Balaban J connectivity index is 2.46. The van der Waals surface area contributed by atoms with Gasteiger partial charge in [0.25, 0.3) is 0 Å². The van der Waals surface area contributed by atoms with Gasteiger partial charge in [-0.3, -0.25) is 4.79 Å². The van der Waals surface area contributed by atoms with Crippen molar-refractivity contribution in [2.75, 3.05) is 0 Å². The summed E-state index contributed by atoms with van der Waals surface area (Å²) in [4.78, 5) is 11.2. The fraction of sp³-hybridized carbons (Fsp3) is 0.188. The van der Waals surface area contributed by atoms with Crippen LogP contribution in [-0.2, 0) is 0 Å². The highest BCUT2D eigenvalue weighted by Gasteiger charge is 2.03. The van der Waals surface area contributed by atoms with Crippen LogP contribution in [0.4, 0.5) is 0 Å². The molecule has 2 aromatic rings. The lowest BCUT2D eigenvalue weighted by Gasteiger charge is -2.07. The van der Waals surface area contributed by atoms with E-state index >= 15 is 0 Å². The predicted octanol–water partition coefficient (Wildman–Crippen LogP) is 4.17. The molecule has 0 atom stereocenters. The molecule has 0 aliphatic heterocycles. The topological polar surface area (TPSA) is 17.1 Å². The summed E-state index contributed by atoms with van der Waals surface area (Å²) in [5.41, 5.74) is 5.67. The molecular weight excluding hydrogens is 208 g/mol. The quantitative estimate of drug-likeness (QED) is 0.699. The summed E-state index contributed by atoms with van der Waals surface area (Å²) < 4.78 is 0. The minimum atomic E-state index is 0.109. The Morgan fingerprint density at radius 2 is 1.59 bits per heavy atom. The van der Waals surface area contributed by atoms with Crippen LogP contribution in [0.1, 0.15) is 28.4 Å². The van der Waals surface area contributed by atoms with Gasteiger partial charge >= 0.3 is 0 Å². The van der Waals surface area contributed by atoms with Crippen LogP contribution >= 0.6 is 0 Å². The second-order valence-corrected chi connectivity index (χ2v) is 4.45. The summed E-state index contributed by atoms with van der Waals surface area (Å²) in [6.45, 7) is 5.79. The van der Waals surface area contributed by atoms with Crippen molar-refractivity contribution in [3.8, 4) is 11.1 Å². The van der Waals surface area contributed by atoms with Gasteiger partial charge in [0.05, 0.1) is 0 Å². The van der Waals surface area contributed by atoms with Crippen molar-refractivity contribution < 1.29 is 4.79 Å². The largest absolute Gasteiger partial charge is 0.295 e. The molecule has 86 valence electrons. The number of carbonyl (C=O) groups excluding carboxylic acids is 1. The van der Waals surface area contributed by atoms with Gasteiger partial charge in [-0.05, 0) is 37.5 Å². The van der Waals surface area contributed by atoms with Crippen LogP contribution < -0.4 is 0 Å². The van der Waals surface area contributed by atoms with Crippen LogP contribution in [-0.4, -0.2) is 5.78 Å². The minimum absolute atomic E-state index is 0.109. The first-order valence-corrected chi connectivity index (χ1v) is 5.76. The third-order valence-electron chi connectivity index (χ3n) is 3.00. The van der Waals surface area contributed by atoms with Crippen LogP contribution in [0.25, 0.3) is 11.1 Å². The van der Waals surface area contributed by atoms with Crippen molar-refractivity contribution in [1.29, 1.82) is 0 Å². The maximum atomic E-state index is 11.2. The van der Waals surface area contributed by atoms with Gasteiger partial charge in [-0.15, -0.1) is 0 Å². The Kier molecular flexibility index (Phi) is 3.10. The molecule has 0 spiro atoms. The van der Waals surface area contributed by atoms with Crippen molar-refractivity contribution in [3.63, 3.8) is 0 Å². The van der Waals surface area contributed by atoms with Gasteiger partial charge in [0.1, 0.15) is 0 Å². The van der Waals surface area contributed by atoms with E-state index in [1.165, 1.54) is 16.7 Å². The minimum Gasteiger partial charge on any atom is -0.295 e. The zero-order valence-electron chi connectivity index (χ0n) is 10.4. The van der Waals surface area contributed by atoms with Crippen molar-refractivity contribution in [3.05, 3.63) is 59.2 Å². The molecule has 0 unspecified atom stereocenters. The Labute approximate surface area is 102 Å². The number of Topliss-reactive ketones (excluding diaryl/α,β-unsaturated/α-hetero) is 1. The van der Waals surface area contributed by atoms with Gasteiger partial charge in [0, 0.05) is 5.56 Å². The van der Waals surface area contributed by atoms with E-state index in [2.05, 4.69) is 32.0 Å². The summed E-state index contributed by atoms with van der Waals surface area (Å²) >= 11 is 0. The maximum Gasteiger partial charge on any atom is 0.159 e. The molecule has 0 amide bonds. The Bertz CT molecular complexity index is 550. The van der Waals surface area contributed by atoms with Gasteiger partial charge in [0.15, 0.2) is 5.78 Å². The lowest BCUT2D eigenvalue weighted by atomic mass is 9.97. The Morgan fingerprint density at radius 1 is 0.941 bits per heavy atom. The molecule has 17 heavy (non-hydrogen) atoms. The van der Waals surface area contributed by atoms with Crippen molar-refractivity contribution in [1.82, 2.24) is 0 Å². The third-order valence-corrected chi connectivity index (χ3v) is 3.00. The number of carbonyl (C=O) groups is 1. The summed E-state index contributed by atoms with van der Waals surface area (Å²) in [5.74, 6) is 0.109. The molecule has 0 saturated heterocycles. The number of benzene rings is 2. The molecule has 0 heterocycles. The van der Waals surface area contributed by atoms with Crippen LogP contribution in [0.3, 0.4) is 0 Å². The number of hydrogen-bond acceptors (Lipinski definition) is 1. The van der Waals surface area contributed by atoms with Crippen molar-refractivity contribution in [2.45, 2.75) is 20.8 Å². The van der Waals surface area contributed by atoms with Crippen LogP contribution in [0, 0.1) is 13.8 Å². The number of rotatable bonds is 2. The molecule has 1 heteroatoms. The third kappa shape index (κ3) is 2.44. The predicted molar refractivity (Wildman–Crippen MR) is 71.4 cm³/mol. The average molecular weight is 224 g/mol. The molecule has 2 rings (SSSR count). The van der Waals surface area contributed by atoms with Crippen molar-refractivity contribution >= 4 is 5.78 Å². The first-order chi connectivity index (χ1) is 8.08. The molecule has 0 aliphatic carbocycles. The smallest absolute Gasteiger partial charge is 0.159 e. The number of aryl methyl sites for hydroxylation is 2. The fourth-order valence-corrected chi connectivity index (χ4v) is 1.93. The molecule has 0 fully saturated rings. The van der Waals surface area contributed by atoms with Gasteiger partial charge in [-0.1, -0.05) is 48.0 Å². The van der Waals surface area contributed by atoms with E-state index in [-0.39, 0.29) is 5.78 Å². The highest BCUT2D eigenvalue weighted by atomic mass is 16.1. The summed E-state index contributed by atoms with van der Waals surface area (Å²) in [6.07, 6.45) is 0. The number of hydrogen-bond donors (Lipinski definition) is 0. The second-order valence-electron chi connectivity index (χ2n) is 4.45. The summed E-state index contributed by atoms with van der Waals surface area (Å²) in [7, 11) is 0. The lowest BCUT2D eigenvalue weighted by molar-refractivity contribution is 0.101. The Hall–Kier alpha value is -1.89. The highest BCUT2D eigenvalue weighted by Crippen LogP contribution is 2.24. The maximum absolute atomic E-state index is 11.2. The van der Waals surface area contributed by atoms with E-state index in [4.69, 9.17) is 0 Å². The zero-order valence-corrected chi connectivity index (χ0v) is 10.4. The van der Waals surface area contributed by atoms with Crippen LogP contribution in [0.5, 0.6) is 0 Å². The van der Waals surface area contributed by atoms with Gasteiger partial charge in [-0.2, -0.15) is 0 Å². The van der Waals surface area contributed by atoms with E-state index in [1.807, 2.05) is 24.3 Å². The highest BCUT2D eigenvalue weighted by molar-refractivity contribution is 5.94. The van der Waals surface area contributed by atoms with Crippen LogP contribution in [0.2, 0.25) is 0 Å². The second kappa shape index (κ2) is 4.54. The van der Waals surface area contributed by atoms with Crippen LogP contribution in [0.15, 0.2) is 42.5 Å². The molecule has 0 saturated carbocycles. The molecular formula is C16H16O. The summed E-state index contributed by atoms with van der Waals surface area (Å²) in [5, 5.41) is 0. The molecule has 0 bridgehead atoms. The van der Waals surface area contributed by atoms with E-state index in [9.17, 15) is 4.79 Å². The van der Waals surface area contributed by atoms with E-state index < -0.39 is 0 Å². The van der Waals surface area contributed by atoms with Gasteiger partial charge in [-0.25, -0.2) is 0 Å². The molecule has 0 aliphatic rings. The molecule has 1 nitrogen and oxygen atoms in total. The van der Waals surface area contributed by atoms with Gasteiger partial charge in [0.2, 0.25) is 0 Å². The lowest BCUT2D eigenvalue weighted by Crippen LogP contribution is -1.91. The monoisotopic (exact) mass is 224 g/mol. The summed E-state index contributed by atoms with van der Waals surface area (Å²) in [6, 6.07) is 14.2. The number of ketones is 1. The first-order valence-electron chi connectivity index (χ1n) is 5.76. The van der Waals surface area contributed by atoms with Crippen molar-refractivity contribution in [2.24, 2.45) is 0 Å². The zero-order chi connectivity index (χ0) is 12.4. The normalized spacial score (nSPS) is 10.3. The molecule has 0 aromatic heterocycles.